The summed E-state index contributed by atoms with van der Waals surface area (Å²) in [5.74, 6) is 0.431. The van der Waals surface area contributed by atoms with Crippen LogP contribution in [0.5, 0.6) is 0 Å². The van der Waals surface area contributed by atoms with Crippen LogP contribution in [0.25, 0.3) is 11.5 Å². The van der Waals surface area contributed by atoms with E-state index in [9.17, 15) is 9.59 Å². The van der Waals surface area contributed by atoms with Gasteiger partial charge in [-0.1, -0.05) is 17.7 Å². The number of benzene rings is 2. The van der Waals surface area contributed by atoms with Crippen LogP contribution in [0.15, 0.2) is 52.9 Å². The number of anilines is 1. The van der Waals surface area contributed by atoms with Gasteiger partial charge in [0.25, 0.3) is 5.91 Å². The second kappa shape index (κ2) is 8.05. The molecule has 1 fully saturated rings. The van der Waals surface area contributed by atoms with Gasteiger partial charge in [-0.3, -0.25) is 9.59 Å². The molecule has 4 rings (SSSR count). The van der Waals surface area contributed by atoms with Crippen molar-refractivity contribution in [2.45, 2.75) is 32.4 Å². The minimum atomic E-state index is -0.186. The lowest BCUT2D eigenvalue weighted by Gasteiger charge is -2.21. The standard InChI is InChI=1S/C21H19ClN4O3/c1-13(27)23-17-4-2-3-15(11-17)21(28)26(18-9-10-18)12-19-24-25-20(29-19)14-5-7-16(22)8-6-14/h2-8,11,18H,9-10,12H2,1H3,(H,23,27). The molecule has 1 heterocycles. The number of carbonyl (C=O) groups is 2. The maximum Gasteiger partial charge on any atom is 0.254 e. The Hall–Kier alpha value is -3.19. The van der Waals surface area contributed by atoms with E-state index in [1.54, 1.807) is 53.4 Å². The molecule has 7 nitrogen and oxygen atoms in total. The molecular weight excluding hydrogens is 392 g/mol. The molecule has 29 heavy (non-hydrogen) atoms. The number of hydrogen-bond donors (Lipinski definition) is 1. The van der Waals surface area contributed by atoms with E-state index in [-0.39, 0.29) is 24.4 Å². The van der Waals surface area contributed by atoms with E-state index in [0.717, 1.165) is 18.4 Å². The predicted octanol–water partition coefficient (Wildman–Crippen LogP) is 4.15. The summed E-state index contributed by atoms with van der Waals surface area (Å²) in [5.41, 5.74) is 1.85. The Morgan fingerprint density at radius 2 is 1.93 bits per heavy atom. The van der Waals surface area contributed by atoms with Crippen molar-refractivity contribution in [3.8, 4) is 11.5 Å². The van der Waals surface area contributed by atoms with Gasteiger partial charge in [0, 0.05) is 34.8 Å². The number of nitrogens with zero attached hydrogens (tertiary/aromatic N) is 3. The highest BCUT2D eigenvalue weighted by Crippen LogP contribution is 2.30. The van der Waals surface area contributed by atoms with Crippen LogP contribution in [0.2, 0.25) is 5.02 Å². The zero-order valence-corrected chi connectivity index (χ0v) is 16.5. The molecular formula is C21H19ClN4O3. The summed E-state index contributed by atoms with van der Waals surface area (Å²) in [5, 5.41) is 11.5. The van der Waals surface area contributed by atoms with Crippen LogP contribution in [0.4, 0.5) is 5.69 Å². The van der Waals surface area contributed by atoms with Crippen LogP contribution in [-0.2, 0) is 11.3 Å². The van der Waals surface area contributed by atoms with Crippen molar-refractivity contribution < 1.29 is 14.0 Å². The zero-order chi connectivity index (χ0) is 20.4. The van der Waals surface area contributed by atoms with Crippen molar-refractivity contribution in [3.05, 3.63) is 65.0 Å². The Kier molecular flexibility index (Phi) is 5.31. The van der Waals surface area contributed by atoms with Crippen LogP contribution in [0.3, 0.4) is 0 Å². The highest BCUT2D eigenvalue weighted by molar-refractivity contribution is 6.30. The monoisotopic (exact) mass is 410 g/mol. The smallest absolute Gasteiger partial charge is 0.254 e. The van der Waals surface area contributed by atoms with Gasteiger partial charge in [-0.15, -0.1) is 10.2 Å². The lowest BCUT2D eigenvalue weighted by atomic mass is 10.1. The Bertz CT molecular complexity index is 1040. The number of aromatic nitrogens is 2. The summed E-state index contributed by atoms with van der Waals surface area (Å²) in [7, 11) is 0. The highest BCUT2D eigenvalue weighted by atomic mass is 35.5. The molecule has 0 radical (unpaired) electrons. The Labute approximate surface area is 172 Å². The Morgan fingerprint density at radius 3 is 2.62 bits per heavy atom. The Morgan fingerprint density at radius 1 is 1.17 bits per heavy atom. The quantitative estimate of drug-likeness (QED) is 0.659. The third-order valence-corrected chi connectivity index (χ3v) is 4.79. The molecule has 2 aromatic carbocycles. The molecule has 1 aromatic heterocycles. The molecule has 0 bridgehead atoms. The fourth-order valence-electron chi connectivity index (χ4n) is 3.02. The largest absolute Gasteiger partial charge is 0.419 e. The molecule has 0 saturated heterocycles. The molecule has 2 amide bonds. The van der Waals surface area contributed by atoms with Gasteiger partial charge >= 0.3 is 0 Å². The topological polar surface area (TPSA) is 88.3 Å². The lowest BCUT2D eigenvalue weighted by Crippen LogP contribution is -2.32. The number of hydrogen-bond acceptors (Lipinski definition) is 5. The van der Waals surface area contributed by atoms with Gasteiger partial charge < -0.3 is 14.6 Å². The van der Waals surface area contributed by atoms with Crippen molar-refractivity contribution in [3.63, 3.8) is 0 Å². The molecule has 3 aromatic rings. The van der Waals surface area contributed by atoms with Crippen molar-refractivity contribution in [1.82, 2.24) is 15.1 Å². The van der Waals surface area contributed by atoms with Crippen LogP contribution < -0.4 is 5.32 Å². The number of nitrogens with one attached hydrogen (secondary N) is 1. The third-order valence-electron chi connectivity index (χ3n) is 4.54. The molecule has 1 saturated carbocycles. The van der Waals surface area contributed by atoms with Gasteiger partial charge in [-0.25, -0.2) is 0 Å². The Balaban J connectivity index is 1.52. The van der Waals surface area contributed by atoms with Crippen molar-refractivity contribution in [1.29, 1.82) is 0 Å². The summed E-state index contributed by atoms with van der Waals surface area (Å²) >= 11 is 5.91. The normalized spacial score (nSPS) is 13.2. The first kappa shape index (κ1) is 19.1. The van der Waals surface area contributed by atoms with E-state index in [1.165, 1.54) is 6.92 Å². The van der Waals surface area contributed by atoms with Gasteiger partial charge in [-0.05, 0) is 55.3 Å². The average Bonchev–Trinajstić information content (AvgIpc) is 3.44. The summed E-state index contributed by atoms with van der Waals surface area (Å²) in [6, 6.07) is 14.2. The summed E-state index contributed by atoms with van der Waals surface area (Å²) in [4.78, 5) is 26.1. The first-order valence-electron chi connectivity index (χ1n) is 9.26. The first-order chi connectivity index (χ1) is 14.0. The van der Waals surface area contributed by atoms with Crippen molar-refractivity contribution >= 4 is 29.1 Å². The molecule has 148 valence electrons. The maximum atomic E-state index is 13.1. The fourth-order valence-corrected chi connectivity index (χ4v) is 3.15. The highest BCUT2D eigenvalue weighted by Gasteiger charge is 2.34. The van der Waals surface area contributed by atoms with E-state index in [2.05, 4.69) is 15.5 Å². The van der Waals surface area contributed by atoms with Gasteiger partial charge in [0.05, 0.1) is 6.54 Å². The van der Waals surface area contributed by atoms with Gasteiger partial charge in [0.2, 0.25) is 17.7 Å². The van der Waals surface area contributed by atoms with Crippen molar-refractivity contribution in [2.24, 2.45) is 0 Å². The van der Waals surface area contributed by atoms with Gasteiger partial charge in [0.1, 0.15) is 0 Å². The predicted molar refractivity (Wildman–Crippen MR) is 108 cm³/mol. The number of halogens is 1. The molecule has 8 heteroatoms. The maximum absolute atomic E-state index is 13.1. The molecule has 1 aliphatic rings. The minimum absolute atomic E-state index is 0.133. The number of carbonyl (C=O) groups excluding carboxylic acids is 2. The molecule has 0 spiro atoms. The molecule has 0 unspecified atom stereocenters. The van der Waals surface area contributed by atoms with E-state index >= 15 is 0 Å². The molecule has 0 atom stereocenters. The van der Waals surface area contributed by atoms with Crippen LogP contribution in [-0.4, -0.2) is 33.0 Å². The van der Waals surface area contributed by atoms with Crippen LogP contribution in [0.1, 0.15) is 36.0 Å². The molecule has 1 N–H and O–H groups in total. The van der Waals surface area contributed by atoms with Gasteiger partial charge in [-0.2, -0.15) is 0 Å². The summed E-state index contributed by atoms with van der Waals surface area (Å²) < 4.78 is 5.76. The fraction of sp³-hybridized carbons (Fsp3) is 0.238. The second-order valence-corrected chi connectivity index (χ2v) is 7.37. The third kappa shape index (κ3) is 4.63. The zero-order valence-electron chi connectivity index (χ0n) is 15.8. The SMILES string of the molecule is CC(=O)Nc1cccc(C(=O)N(Cc2nnc(-c3ccc(Cl)cc3)o2)C2CC2)c1. The lowest BCUT2D eigenvalue weighted by molar-refractivity contribution is -0.114. The summed E-state index contributed by atoms with van der Waals surface area (Å²) in [6.45, 7) is 1.66. The van der Waals surface area contributed by atoms with E-state index in [1.807, 2.05) is 0 Å². The van der Waals surface area contributed by atoms with E-state index in [4.69, 9.17) is 16.0 Å². The van der Waals surface area contributed by atoms with Crippen LogP contribution >= 0.6 is 11.6 Å². The minimum Gasteiger partial charge on any atom is -0.419 e. The van der Waals surface area contributed by atoms with Gasteiger partial charge in [0.15, 0.2) is 0 Å². The number of amides is 2. The first-order valence-corrected chi connectivity index (χ1v) is 9.64. The molecule has 1 aliphatic carbocycles. The molecule has 0 aliphatic heterocycles. The van der Waals surface area contributed by atoms with E-state index < -0.39 is 0 Å². The van der Waals surface area contributed by atoms with Crippen LogP contribution in [0, 0.1) is 0 Å². The number of rotatable bonds is 6. The van der Waals surface area contributed by atoms with E-state index in [0.29, 0.717) is 28.1 Å². The second-order valence-electron chi connectivity index (χ2n) is 6.93. The average molecular weight is 411 g/mol. The summed E-state index contributed by atoms with van der Waals surface area (Å²) in [6.07, 6.45) is 1.88. The van der Waals surface area contributed by atoms with Crippen molar-refractivity contribution in [2.75, 3.05) is 5.32 Å².